The van der Waals surface area contributed by atoms with Crippen molar-refractivity contribution in [2.24, 2.45) is 23.7 Å². The second-order valence-corrected chi connectivity index (χ2v) is 29.0. The topological polar surface area (TPSA) is 237 Å². The van der Waals surface area contributed by atoms with Gasteiger partial charge in [0.2, 0.25) is 0 Å². The molecule has 17 nitrogen and oxygen atoms in total. The molecule has 0 bridgehead atoms. The number of carbonyl (C=O) groups is 4. The van der Waals surface area contributed by atoms with E-state index < -0.39 is 97.5 Å². The second-order valence-electron chi connectivity index (χ2n) is 26.1. The molecule has 0 aromatic heterocycles. The number of hydrogen-bond donors (Lipinski definition) is 3. The van der Waals surface area contributed by atoms with Gasteiger partial charge in [0.25, 0.3) is 0 Å². The predicted molar refractivity (Wildman–Crippen MR) is 344 cm³/mol. The first-order valence-corrected chi connectivity index (χ1v) is 37.7. The normalized spacial score (nSPS) is 14.4. The molecule has 0 saturated heterocycles. The van der Waals surface area contributed by atoms with Crippen LogP contribution in [0.25, 0.3) is 0 Å². The molecule has 86 heavy (non-hydrogen) atoms. The van der Waals surface area contributed by atoms with Gasteiger partial charge in [-0.1, -0.05) is 274 Å². The first-order valence-electron chi connectivity index (χ1n) is 34.7. The van der Waals surface area contributed by atoms with Crippen LogP contribution in [0, 0.1) is 23.7 Å². The minimum absolute atomic E-state index is 0.101. The van der Waals surface area contributed by atoms with E-state index in [1.165, 1.54) is 128 Å². The highest BCUT2D eigenvalue weighted by Crippen LogP contribution is 2.45. The molecule has 0 spiro atoms. The van der Waals surface area contributed by atoms with Gasteiger partial charge in [0.15, 0.2) is 12.2 Å². The lowest BCUT2D eigenvalue weighted by atomic mass is 10.0. The molecule has 0 rings (SSSR count). The maximum atomic E-state index is 13.0. The molecule has 0 aliphatic heterocycles. The Labute approximate surface area is 524 Å². The number of carbonyl (C=O) groups excluding carboxylic acids is 4. The Bertz CT molecular complexity index is 1710. The number of aliphatic hydroxyl groups is 1. The minimum Gasteiger partial charge on any atom is -0.462 e. The zero-order valence-electron chi connectivity index (χ0n) is 55.9. The number of phosphoric acid groups is 2. The van der Waals surface area contributed by atoms with Crippen molar-refractivity contribution < 1.29 is 80.2 Å². The van der Waals surface area contributed by atoms with Crippen molar-refractivity contribution in [3.8, 4) is 0 Å². The van der Waals surface area contributed by atoms with Crippen molar-refractivity contribution >= 4 is 39.5 Å². The summed E-state index contributed by atoms with van der Waals surface area (Å²) in [6.45, 7) is 14.0. The van der Waals surface area contributed by atoms with Crippen molar-refractivity contribution in [1.29, 1.82) is 0 Å². The smallest absolute Gasteiger partial charge is 0.462 e. The fraction of sp³-hybridized carbons (Fsp3) is 0.940. The summed E-state index contributed by atoms with van der Waals surface area (Å²) >= 11 is 0. The molecule has 3 unspecified atom stereocenters. The Kier molecular flexibility index (Phi) is 55.7. The average Bonchev–Trinajstić information content (AvgIpc) is 3.66. The molecule has 0 aromatic rings. The first kappa shape index (κ1) is 84.1. The molecule has 0 aliphatic carbocycles. The summed E-state index contributed by atoms with van der Waals surface area (Å²) in [5.41, 5.74) is 0. The van der Waals surface area contributed by atoms with Crippen LogP contribution in [-0.4, -0.2) is 96.7 Å². The highest BCUT2D eigenvalue weighted by molar-refractivity contribution is 7.47. The van der Waals surface area contributed by atoms with Gasteiger partial charge in [0.1, 0.15) is 19.3 Å². The van der Waals surface area contributed by atoms with Crippen molar-refractivity contribution in [3.63, 3.8) is 0 Å². The van der Waals surface area contributed by atoms with Crippen LogP contribution in [0.5, 0.6) is 0 Å². The van der Waals surface area contributed by atoms with Gasteiger partial charge in [-0.05, 0) is 49.4 Å². The zero-order chi connectivity index (χ0) is 63.9. The molecule has 0 aliphatic rings. The summed E-state index contributed by atoms with van der Waals surface area (Å²) in [5, 5.41) is 10.6. The van der Waals surface area contributed by atoms with Crippen LogP contribution >= 0.6 is 15.6 Å². The summed E-state index contributed by atoms with van der Waals surface area (Å²) in [7, 11) is -9.89. The monoisotopic (exact) mass is 1270 g/mol. The van der Waals surface area contributed by atoms with Crippen LogP contribution in [-0.2, 0) is 65.4 Å². The third-order valence-electron chi connectivity index (χ3n) is 15.3. The van der Waals surface area contributed by atoms with E-state index in [1.54, 1.807) is 0 Å². The van der Waals surface area contributed by atoms with Gasteiger partial charge in [0.05, 0.1) is 26.4 Å². The molecular weight excluding hydrogens is 1140 g/mol. The Morgan fingerprint density at radius 2 is 0.488 bits per heavy atom. The summed E-state index contributed by atoms with van der Waals surface area (Å²) in [6, 6.07) is 0. The Morgan fingerprint density at radius 3 is 0.721 bits per heavy atom. The lowest BCUT2D eigenvalue weighted by Crippen LogP contribution is -2.30. The molecule has 5 atom stereocenters. The van der Waals surface area contributed by atoms with Crippen LogP contribution in [0.3, 0.4) is 0 Å². The van der Waals surface area contributed by atoms with Gasteiger partial charge in [-0.15, -0.1) is 0 Å². The van der Waals surface area contributed by atoms with E-state index in [0.717, 1.165) is 108 Å². The largest absolute Gasteiger partial charge is 0.472 e. The van der Waals surface area contributed by atoms with E-state index >= 15 is 0 Å². The van der Waals surface area contributed by atoms with Crippen molar-refractivity contribution in [3.05, 3.63) is 0 Å². The number of hydrogen-bond acceptors (Lipinski definition) is 15. The quantitative estimate of drug-likeness (QED) is 0.0222. The standard InChI is InChI=1S/C67H130O17P2/c1-57(2)43-35-27-19-13-11-9-10-12-14-22-31-39-47-64(69)77-53-62(83-66(71)49-41-33-24-18-16-21-29-37-45-59(5)6)55-81-85(73,74)79-51-61(68)52-80-86(75,76)82-56-63(84-67(72)50-42-34-26-25-30-38-46-60(7)8)54-78-65(70)48-40-32-23-17-15-20-28-36-44-58(3)4/h57-63,68H,9-56H2,1-8H3,(H,73,74)(H,75,76)/t61?,62-,63-/m1/s1. The van der Waals surface area contributed by atoms with Gasteiger partial charge in [0, 0.05) is 25.7 Å². The molecule has 19 heteroatoms. The highest BCUT2D eigenvalue weighted by Gasteiger charge is 2.30. The lowest BCUT2D eigenvalue weighted by molar-refractivity contribution is -0.161. The molecule has 0 saturated carbocycles. The Hall–Kier alpha value is -1.94. The van der Waals surface area contributed by atoms with Crippen LogP contribution in [0.4, 0.5) is 0 Å². The number of aliphatic hydroxyl groups excluding tert-OH is 1. The van der Waals surface area contributed by atoms with Crippen LogP contribution < -0.4 is 0 Å². The number of ether oxygens (including phenoxy) is 4. The molecule has 0 heterocycles. The van der Waals surface area contributed by atoms with E-state index in [0.29, 0.717) is 31.6 Å². The van der Waals surface area contributed by atoms with E-state index in [4.69, 9.17) is 37.0 Å². The summed E-state index contributed by atoms with van der Waals surface area (Å²) in [6.07, 6.45) is 37.8. The minimum atomic E-state index is -4.95. The van der Waals surface area contributed by atoms with Gasteiger partial charge in [-0.3, -0.25) is 37.3 Å². The number of esters is 4. The summed E-state index contributed by atoms with van der Waals surface area (Å²) in [4.78, 5) is 72.3. The van der Waals surface area contributed by atoms with E-state index in [9.17, 15) is 43.2 Å². The van der Waals surface area contributed by atoms with Gasteiger partial charge in [-0.25, -0.2) is 9.13 Å². The van der Waals surface area contributed by atoms with Crippen LogP contribution in [0.1, 0.15) is 325 Å². The van der Waals surface area contributed by atoms with Crippen molar-refractivity contribution in [2.45, 2.75) is 343 Å². The Morgan fingerprint density at radius 1 is 0.291 bits per heavy atom. The van der Waals surface area contributed by atoms with E-state index in [1.807, 2.05) is 0 Å². The van der Waals surface area contributed by atoms with Crippen LogP contribution in [0.2, 0.25) is 0 Å². The molecule has 510 valence electrons. The van der Waals surface area contributed by atoms with E-state index in [2.05, 4.69) is 55.4 Å². The third kappa shape index (κ3) is 60.9. The number of phosphoric ester groups is 2. The zero-order valence-corrected chi connectivity index (χ0v) is 57.7. The fourth-order valence-electron chi connectivity index (χ4n) is 9.96. The third-order valence-corrected chi connectivity index (χ3v) is 17.2. The van der Waals surface area contributed by atoms with Crippen molar-refractivity contribution in [2.75, 3.05) is 39.6 Å². The highest BCUT2D eigenvalue weighted by atomic mass is 31.2. The first-order chi connectivity index (χ1) is 41.1. The fourth-order valence-corrected chi connectivity index (χ4v) is 11.5. The summed E-state index contributed by atoms with van der Waals surface area (Å²) < 4.78 is 68.1. The Balaban J connectivity index is 5.22. The molecule has 0 amide bonds. The maximum Gasteiger partial charge on any atom is 0.472 e. The van der Waals surface area contributed by atoms with E-state index in [-0.39, 0.29) is 25.7 Å². The SMILES string of the molecule is CC(C)CCCCCCCCCCCCCCC(=O)OC[C@H](COP(=O)(O)OCC(O)COP(=O)(O)OC[C@@H](COC(=O)CCCCCCCCCCC(C)C)OC(=O)CCCCCCCCC(C)C)OC(=O)CCCCCCCCCCC(C)C. The van der Waals surface area contributed by atoms with Gasteiger partial charge >= 0.3 is 39.5 Å². The summed E-state index contributed by atoms with van der Waals surface area (Å²) in [5.74, 6) is 0.757. The number of unbranched alkanes of at least 4 members (excludes halogenated alkanes) is 30. The second kappa shape index (κ2) is 57.0. The van der Waals surface area contributed by atoms with Crippen molar-refractivity contribution in [1.82, 2.24) is 0 Å². The van der Waals surface area contributed by atoms with Gasteiger partial charge in [-0.2, -0.15) is 0 Å². The molecule has 0 fully saturated rings. The van der Waals surface area contributed by atoms with Crippen LogP contribution in [0.15, 0.2) is 0 Å². The molecule has 0 radical (unpaired) electrons. The number of rotatable bonds is 64. The lowest BCUT2D eigenvalue weighted by Gasteiger charge is -2.21. The maximum absolute atomic E-state index is 13.0. The molecule has 3 N–H and O–H groups in total. The van der Waals surface area contributed by atoms with Gasteiger partial charge < -0.3 is 33.8 Å². The molecular formula is C67H130O17P2. The average molecular weight is 1270 g/mol. The predicted octanol–water partition coefficient (Wildman–Crippen LogP) is 18.5. The molecule has 0 aromatic carbocycles.